The molecule has 0 unspecified atom stereocenters. The summed E-state index contributed by atoms with van der Waals surface area (Å²) < 4.78 is 0. The molecule has 1 spiro atoms. The maximum absolute atomic E-state index is 2.74. The highest BCUT2D eigenvalue weighted by Gasteiger charge is 2.59. The molecule has 0 bridgehead atoms. The average Bonchev–Trinajstić information content (AvgIpc) is 2.38. The Bertz CT molecular complexity index is 417. The second-order valence-corrected chi connectivity index (χ2v) is 10.6. The molecule has 3 fully saturated rings. The maximum atomic E-state index is 2.74. The summed E-state index contributed by atoms with van der Waals surface area (Å²) in [7, 11) is 0. The van der Waals surface area contributed by atoms with E-state index in [4.69, 9.17) is 0 Å². The second-order valence-electron chi connectivity index (χ2n) is 10.6. The van der Waals surface area contributed by atoms with Gasteiger partial charge < -0.3 is 4.90 Å². The highest BCUT2D eigenvalue weighted by Crippen LogP contribution is 2.48. The average molecular weight is 322 g/mol. The Morgan fingerprint density at radius 2 is 1.43 bits per heavy atom. The van der Waals surface area contributed by atoms with Gasteiger partial charge in [-0.25, -0.2) is 0 Å². The van der Waals surface area contributed by atoms with Crippen LogP contribution in [0.1, 0.15) is 61.3 Å². The zero-order valence-electron chi connectivity index (χ0n) is 16.7. The Morgan fingerprint density at radius 3 is 1.87 bits per heavy atom. The Hall–Kier alpha value is -0.120. The van der Waals surface area contributed by atoms with E-state index >= 15 is 0 Å². The Labute approximate surface area is 144 Å². The van der Waals surface area contributed by atoms with Crippen LogP contribution in [0.5, 0.6) is 0 Å². The first-order valence-corrected chi connectivity index (χ1v) is 9.75. The lowest BCUT2D eigenvalue weighted by atomic mass is 9.64. The minimum absolute atomic E-state index is 0.338. The molecule has 23 heavy (non-hydrogen) atoms. The van der Waals surface area contributed by atoms with E-state index in [1.54, 1.807) is 0 Å². The summed E-state index contributed by atoms with van der Waals surface area (Å²) in [5.41, 5.74) is 1.31. The van der Waals surface area contributed by atoms with Crippen molar-refractivity contribution >= 4 is 0 Å². The fourth-order valence-electron chi connectivity index (χ4n) is 5.13. The summed E-state index contributed by atoms with van der Waals surface area (Å²) in [5.74, 6) is 0.931. The maximum Gasteiger partial charge on any atom is 0.0238 e. The highest BCUT2D eigenvalue weighted by atomic mass is 15.4. The van der Waals surface area contributed by atoms with E-state index in [1.807, 2.05) is 0 Å². The summed E-state index contributed by atoms with van der Waals surface area (Å²) in [6.45, 7) is 24.5. The minimum atomic E-state index is 0.338. The summed E-state index contributed by atoms with van der Waals surface area (Å²) >= 11 is 0. The predicted molar refractivity (Wildman–Crippen MR) is 98.8 cm³/mol. The topological polar surface area (TPSA) is 9.72 Å². The van der Waals surface area contributed by atoms with E-state index in [0.29, 0.717) is 16.5 Å². The van der Waals surface area contributed by atoms with Crippen molar-refractivity contribution in [2.45, 2.75) is 78.4 Å². The molecule has 3 aliphatic heterocycles. The van der Waals surface area contributed by atoms with Crippen LogP contribution in [0.3, 0.4) is 0 Å². The SMILES string of the molecule is C[C@@H]1N(C(C)(C)C)CC12CN(CC1CCN(C(C)(C)C)CC1)C2. The molecule has 0 aliphatic carbocycles. The molecule has 3 rings (SSSR count). The molecule has 0 saturated carbocycles. The fraction of sp³-hybridized carbons (Fsp3) is 1.00. The van der Waals surface area contributed by atoms with E-state index in [0.717, 1.165) is 12.0 Å². The van der Waals surface area contributed by atoms with Gasteiger partial charge in [-0.05, 0) is 80.3 Å². The first-order chi connectivity index (χ1) is 10.5. The number of nitrogens with zero attached hydrogens (tertiary/aromatic N) is 3. The van der Waals surface area contributed by atoms with Gasteiger partial charge in [-0.1, -0.05) is 0 Å². The summed E-state index contributed by atoms with van der Waals surface area (Å²) in [5, 5.41) is 0. The minimum Gasteiger partial charge on any atom is -0.302 e. The normalized spacial score (nSPS) is 31.2. The number of piperidine rings is 1. The van der Waals surface area contributed by atoms with Crippen molar-refractivity contribution in [2.75, 3.05) is 39.3 Å². The van der Waals surface area contributed by atoms with Crippen LogP contribution in [0, 0.1) is 11.3 Å². The van der Waals surface area contributed by atoms with Crippen molar-refractivity contribution in [3.63, 3.8) is 0 Å². The van der Waals surface area contributed by atoms with Crippen LogP contribution < -0.4 is 0 Å². The van der Waals surface area contributed by atoms with E-state index in [2.05, 4.69) is 63.2 Å². The standard InChI is InChI=1S/C20H39N3/c1-16-20(15-23(16)19(5,6)7)13-21(14-20)12-17-8-10-22(11-9-17)18(2,3)4/h16-17H,8-15H2,1-7H3/t16-/m0/s1. The van der Waals surface area contributed by atoms with Gasteiger partial charge in [0.2, 0.25) is 0 Å². The van der Waals surface area contributed by atoms with Crippen LogP contribution in [-0.4, -0.2) is 71.1 Å². The first kappa shape index (κ1) is 17.7. The molecule has 3 heterocycles. The van der Waals surface area contributed by atoms with Crippen LogP contribution in [0.15, 0.2) is 0 Å². The van der Waals surface area contributed by atoms with Crippen molar-refractivity contribution in [3.05, 3.63) is 0 Å². The molecular formula is C20H39N3. The van der Waals surface area contributed by atoms with Crippen LogP contribution in [0.4, 0.5) is 0 Å². The molecule has 3 heteroatoms. The predicted octanol–water partition coefficient (Wildman–Crippen LogP) is 3.30. The highest BCUT2D eigenvalue weighted by molar-refractivity contribution is 5.13. The van der Waals surface area contributed by atoms with Crippen LogP contribution in [0.2, 0.25) is 0 Å². The molecule has 134 valence electrons. The quantitative estimate of drug-likeness (QED) is 0.772. The lowest BCUT2D eigenvalue weighted by Gasteiger charge is -2.68. The lowest BCUT2D eigenvalue weighted by molar-refractivity contribution is -0.190. The van der Waals surface area contributed by atoms with E-state index in [1.165, 1.54) is 52.1 Å². The van der Waals surface area contributed by atoms with Crippen molar-refractivity contribution in [2.24, 2.45) is 11.3 Å². The molecule has 0 N–H and O–H groups in total. The smallest absolute Gasteiger partial charge is 0.0238 e. The van der Waals surface area contributed by atoms with E-state index in [-0.39, 0.29) is 0 Å². The van der Waals surface area contributed by atoms with Gasteiger partial charge in [0.1, 0.15) is 0 Å². The number of hydrogen-bond acceptors (Lipinski definition) is 3. The molecule has 0 radical (unpaired) electrons. The zero-order valence-corrected chi connectivity index (χ0v) is 16.7. The van der Waals surface area contributed by atoms with Crippen molar-refractivity contribution in [1.29, 1.82) is 0 Å². The summed E-state index contributed by atoms with van der Waals surface area (Å²) in [4.78, 5) is 8.09. The monoisotopic (exact) mass is 321 g/mol. The third-order valence-corrected chi connectivity index (χ3v) is 6.86. The third-order valence-electron chi connectivity index (χ3n) is 6.86. The number of likely N-dealkylation sites (tertiary alicyclic amines) is 3. The summed E-state index contributed by atoms with van der Waals surface area (Å²) in [6, 6.07) is 0.765. The van der Waals surface area contributed by atoms with Gasteiger partial charge in [-0.15, -0.1) is 0 Å². The van der Waals surface area contributed by atoms with Crippen molar-refractivity contribution < 1.29 is 0 Å². The van der Waals surface area contributed by atoms with Gasteiger partial charge in [0.05, 0.1) is 0 Å². The van der Waals surface area contributed by atoms with Gasteiger partial charge in [-0.2, -0.15) is 0 Å². The third kappa shape index (κ3) is 3.34. The Kier molecular flexibility index (Phi) is 4.39. The largest absolute Gasteiger partial charge is 0.302 e. The first-order valence-electron chi connectivity index (χ1n) is 9.75. The van der Waals surface area contributed by atoms with Gasteiger partial charge >= 0.3 is 0 Å². The van der Waals surface area contributed by atoms with Gasteiger partial charge in [0, 0.05) is 48.7 Å². The van der Waals surface area contributed by atoms with Gasteiger partial charge in [0.25, 0.3) is 0 Å². The van der Waals surface area contributed by atoms with Crippen molar-refractivity contribution in [3.8, 4) is 0 Å². The molecule has 3 saturated heterocycles. The molecule has 3 aliphatic rings. The molecular weight excluding hydrogens is 282 g/mol. The lowest BCUT2D eigenvalue weighted by Crippen LogP contribution is -2.79. The van der Waals surface area contributed by atoms with E-state index in [9.17, 15) is 0 Å². The molecule has 0 aromatic heterocycles. The summed E-state index contributed by atoms with van der Waals surface area (Å²) in [6.07, 6.45) is 2.79. The Morgan fingerprint density at radius 1 is 0.870 bits per heavy atom. The Balaban J connectivity index is 1.41. The van der Waals surface area contributed by atoms with Crippen LogP contribution in [0.25, 0.3) is 0 Å². The molecule has 3 nitrogen and oxygen atoms in total. The van der Waals surface area contributed by atoms with E-state index < -0.39 is 0 Å². The molecule has 0 aromatic rings. The van der Waals surface area contributed by atoms with Gasteiger partial charge in [0.15, 0.2) is 0 Å². The molecule has 0 amide bonds. The zero-order chi connectivity index (χ0) is 17.0. The van der Waals surface area contributed by atoms with Gasteiger partial charge in [-0.3, -0.25) is 9.80 Å². The number of hydrogen-bond donors (Lipinski definition) is 0. The van der Waals surface area contributed by atoms with Crippen molar-refractivity contribution in [1.82, 2.24) is 14.7 Å². The fourth-order valence-corrected chi connectivity index (χ4v) is 5.13. The second kappa shape index (κ2) is 5.71. The molecule has 1 atom stereocenters. The molecule has 0 aromatic carbocycles. The number of rotatable bonds is 2. The van der Waals surface area contributed by atoms with Crippen LogP contribution >= 0.6 is 0 Å². The van der Waals surface area contributed by atoms with Crippen LogP contribution in [-0.2, 0) is 0 Å².